The average molecular weight is 428 g/mol. The fraction of sp³-hybridized carbons (Fsp3) is 0.269. The molecule has 2 N–H and O–H groups in total. The first-order valence-electron chi connectivity index (χ1n) is 11.2. The molecule has 4 heterocycles. The van der Waals surface area contributed by atoms with Crippen molar-refractivity contribution in [1.82, 2.24) is 14.1 Å². The maximum atomic E-state index is 13.4. The van der Waals surface area contributed by atoms with Crippen LogP contribution in [-0.2, 0) is 6.54 Å². The topological polar surface area (TPSA) is 52.0 Å². The van der Waals surface area contributed by atoms with Gasteiger partial charge in [-0.15, -0.1) is 0 Å². The third-order valence-corrected chi connectivity index (χ3v) is 7.04. The van der Waals surface area contributed by atoms with Crippen LogP contribution in [-0.4, -0.2) is 33.8 Å². The van der Waals surface area contributed by atoms with Gasteiger partial charge in [0.15, 0.2) is 5.82 Å². The summed E-state index contributed by atoms with van der Waals surface area (Å²) in [7, 11) is 0. The highest BCUT2D eigenvalue weighted by molar-refractivity contribution is 5.72. The first-order chi connectivity index (χ1) is 15.6. The molecule has 2 aromatic heterocycles. The minimum absolute atomic E-state index is 0.223. The van der Waals surface area contributed by atoms with Gasteiger partial charge in [-0.3, -0.25) is 4.57 Å². The number of anilines is 1. The van der Waals surface area contributed by atoms with Gasteiger partial charge in [-0.2, -0.15) is 0 Å². The molecular weight excluding hydrogens is 401 g/mol. The molecule has 2 aliphatic rings. The van der Waals surface area contributed by atoms with Crippen LogP contribution in [0.15, 0.2) is 67.1 Å². The number of rotatable bonds is 3. The minimum Gasteiger partial charge on any atom is -0.371 e. The molecule has 6 heteroatoms. The number of imidazole rings is 1. The summed E-state index contributed by atoms with van der Waals surface area (Å²) in [6, 6.07) is 15.6. The quantitative estimate of drug-likeness (QED) is 0.460. The maximum Gasteiger partial charge on any atom is 0.161 e. The van der Waals surface area contributed by atoms with Crippen molar-refractivity contribution in [3.05, 3.63) is 78.5 Å². The predicted octanol–water partition coefficient (Wildman–Crippen LogP) is 4.54. The zero-order chi connectivity index (χ0) is 21.8. The second-order valence-corrected chi connectivity index (χ2v) is 9.06. The van der Waals surface area contributed by atoms with E-state index in [-0.39, 0.29) is 5.82 Å². The van der Waals surface area contributed by atoms with Crippen molar-refractivity contribution in [1.29, 1.82) is 0 Å². The molecule has 0 saturated carbocycles. The lowest BCUT2D eigenvalue weighted by Gasteiger charge is -2.21. The van der Waals surface area contributed by atoms with Crippen molar-refractivity contribution in [3.63, 3.8) is 0 Å². The summed E-state index contributed by atoms with van der Waals surface area (Å²) in [6.45, 7) is 5.84. The number of nitrogens with two attached hydrogens (primary N) is 1. The first kappa shape index (κ1) is 19.3. The number of nitrogens with zero attached hydrogens (tertiary/aromatic N) is 4. The lowest BCUT2D eigenvalue weighted by molar-refractivity contribution is 0.463. The van der Waals surface area contributed by atoms with E-state index in [0.717, 1.165) is 54.5 Å². The number of hydrogen-bond acceptors (Lipinski definition) is 3. The van der Waals surface area contributed by atoms with Crippen molar-refractivity contribution in [2.75, 3.05) is 24.5 Å². The van der Waals surface area contributed by atoms with Crippen LogP contribution in [0.1, 0.15) is 12.5 Å². The van der Waals surface area contributed by atoms with Crippen LogP contribution in [0, 0.1) is 17.7 Å². The molecule has 0 radical (unpaired) electrons. The fourth-order valence-electron chi connectivity index (χ4n) is 5.18. The lowest BCUT2D eigenvalue weighted by Crippen LogP contribution is -2.23. The summed E-state index contributed by atoms with van der Waals surface area (Å²) in [5.41, 5.74) is 12.8. The molecule has 1 saturated heterocycles. The highest BCUT2D eigenvalue weighted by atomic mass is 19.1. The normalized spacial score (nSPS) is 19.4. The van der Waals surface area contributed by atoms with Gasteiger partial charge < -0.3 is 15.2 Å². The number of aromatic nitrogens is 3. The summed E-state index contributed by atoms with van der Waals surface area (Å²) in [5, 5.41) is 0. The minimum atomic E-state index is -0.223. The van der Waals surface area contributed by atoms with Gasteiger partial charge in [0, 0.05) is 49.5 Å². The molecule has 2 atom stereocenters. The van der Waals surface area contributed by atoms with E-state index in [2.05, 4.69) is 56.4 Å². The van der Waals surface area contributed by atoms with Crippen LogP contribution in [0.2, 0.25) is 0 Å². The summed E-state index contributed by atoms with van der Waals surface area (Å²) in [4.78, 5) is 7.13. The van der Waals surface area contributed by atoms with Crippen molar-refractivity contribution in [2.24, 2.45) is 17.6 Å². The van der Waals surface area contributed by atoms with E-state index in [9.17, 15) is 4.39 Å². The Hall–Kier alpha value is -3.38. The zero-order valence-corrected chi connectivity index (χ0v) is 18.1. The maximum absolute atomic E-state index is 13.4. The fourth-order valence-corrected chi connectivity index (χ4v) is 5.18. The monoisotopic (exact) mass is 427 g/mol. The second kappa shape index (κ2) is 7.35. The number of fused-ring (bicyclic) bond motifs is 5. The van der Waals surface area contributed by atoms with E-state index in [1.165, 1.54) is 23.4 Å². The van der Waals surface area contributed by atoms with Crippen molar-refractivity contribution >= 4 is 5.69 Å². The Balaban J connectivity index is 1.42. The van der Waals surface area contributed by atoms with Gasteiger partial charge in [0.05, 0.1) is 11.4 Å². The van der Waals surface area contributed by atoms with E-state index < -0.39 is 0 Å². The molecule has 2 aliphatic heterocycles. The van der Waals surface area contributed by atoms with Crippen LogP contribution in [0.4, 0.5) is 10.1 Å². The third-order valence-electron chi connectivity index (χ3n) is 7.04. The molecule has 1 fully saturated rings. The van der Waals surface area contributed by atoms with Gasteiger partial charge in [0.2, 0.25) is 0 Å². The highest BCUT2D eigenvalue weighted by Gasteiger charge is 2.29. The molecule has 4 aromatic rings. The van der Waals surface area contributed by atoms with Gasteiger partial charge in [-0.25, -0.2) is 9.37 Å². The predicted molar refractivity (Wildman–Crippen MR) is 125 cm³/mol. The summed E-state index contributed by atoms with van der Waals surface area (Å²) in [6.07, 6.45) is 6.02. The van der Waals surface area contributed by atoms with E-state index in [1.54, 1.807) is 0 Å². The Bertz CT molecular complexity index is 1290. The van der Waals surface area contributed by atoms with E-state index in [0.29, 0.717) is 11.8 Å². The van der Waals surface area contributed by atoms with Gasteiger partial charge >= 0.3 is 0 Å². The van der Waals surface area contributed by atoms with Crippen molar-refractivity contribution in [3.8, 4) is 28.3 Å². The molecule has 6 rings (SSSR count). The summed E-state index contributed by atoms with van der Waals surface area (Å²) >= 11 is 0. The molecule has 32 heavy (non-hydrogen) atoms. The van der Waals surface area contributed by atoms with Crippen LogP contribution in [0.3, 0.4) is 0 Å². The zero-order valence-electron chi connectivity index (χ0n) is 18.1. The standard InChI is InChI=1S/C26H26FN5/c1-17-13-30(16-21(17)12-28)23-6-7-24-20(10-23)15-31-14-19(18-2-4-22(27)5-3-18)11-25(31)26-29-8-9-32(24)26/h2-11,14,17,21H,12-13,15-16,28H2,1H3/t17-,21-/m0/s1. The molecule has 0 amide bonds. The van der Waals surface area contributed by atoms with Crippen LogP contribution >= 0.6 is 0 Å². The molecule has 0 bridgehead atoms. The lowest BCUT2D eigenvalue weighted by atomic mass is 9.99. The van der Waals surface area contributed by atoms with E-state index in [4.69, 9.17) is 5.73 Å². The molecule has 0 spiro atoms. The van der Waals surface area contributed by atoms with Gasteiger partial charge in [-0.05, 0) is 65.9 Å². The Morgan fingerprint density at radius 3 is 2.69 bits per heavy atom. The Kier molecular flexibility index (Phi) is 4.43. The van der Waals surface area contributed by atoms with Gasteiger partial charge in [-0.1, -0.05) is 19.1 Å². The van der Waals surface area contributed by atoms with Crippen molar-refractivity contribution in [2.45, 2.75) is 13.5 Å². The van der Waals surface area contributed by atoms with E-state index in [1.807, 2.05) is 24.5 Å². The van der Waals surface area contributed by atoms with Gasteiger partial charge in [0.1, 0.15) is 5.82 Å². The molecule has 162 valence electrons. The Morgan fingerprint density at radius 1 is 1.06 bits per heavy atom. The van der Waals surface area contributed by atoms with Crippen LogP contribution in [0.25, 0.3) is 28.3 Å². The molecule has 2 aromatic carbocycles. The second-order valence-electron chi connectivity index (χ2n) is 9.06. The Morgan fingerprint density at radius 2 is 1.91 bits per heavy atom. The number of halogens is 1. The largest absolute Gasteiger partial charge is 0.371 e. The number of hydrogen-bond donors (Lipinski definition) is 1. The SMILES string of the molecule is C[C@H]1CN(c2ccc3c(c2)Cn2cc(-c4ccc(F)cc4)cc2-c2nccn2-3)C[C@@H]1CN. The summed E-state index contributed by atoms with van der Waals surface area (Å²) in [5.74, 6) is 1.85. The first-order valence-corrected chi connectivity index (χ1v) is 11.2. The molecule has 5 nitrogen and oxygen atoms in total. The van der Waals surface area contributed by atoms with Crippen molar-refractivity contribution < 1.29 is 4.39 Å². The average Bonchev–Trinajstić information content (AvgIpc) is 3.51. The van der Waals surface area contributed by atoms with Crippen LogP contribution < -0.4 is 10.6 Å². The molecular formula is C26H26FN5. The van der Waals surface area contributed by atoms with Crippen LogP contribution in [0.5, 0.6) is 0 Å². The third kappa shape index (κ3) is 3.06. The summed E-state index contributed by atoms with van der Waals surface area (Å²) < 4.78 is 17.8. The van der Waals surface area contributed by atoms with Gasteiger partial charge in [0.25, 0.3) is 0 Å². The number of benzene rings is 2. The molecule has 0 aliphatic carbocycles. The van der Waals surface area contributed by atoms with E-state index >= 15 is 0 Å². The Labute approximate surface area is 186 Å². The highest BCUT2D eigenvalue weighted by Crippen LogP contribution is 2.36. The smallest absolute Gasteiger partial charge is 0.161 e. The molecule has 0 unspecified atom stereocenters.